The molecule has 9 N–H and O–H groups in total. The van der Waals surface area contributed by atoms with E-state index in [0.29, 0.717) is 13.2 Å². The summed E-state index contributed by atoms with van der Waals surface area (Å²) in [5.74, 6) is 0.899. The van der Waals surface area contributed by atoms with Crippen molar-refractivity contribution in [2.24, 2.45) is 22.9 Å². The largest absolute Gasteiger partial charge is 0.492 e. The zero-order valence-electron chi connectivity index (χ0n) is 30.2. The lowest BCUT2D eigenvalue weighted by Crippen LogP contribution is -2.36. The number of nitrogens with two attached hydrogens (primary N) is 4. The van der Waals surface area contributed by atoms with Crippen LogP contribution in [0.4, 0.5) is 4.79 Å². The van der Waals surface area contributed by atoms with Crippen molar-refractivity contribution in [3.05, 3.63) is 65.7 Å². The van der Waals surface area contributed by atoms with E-state index in [1.165, 1.54) is 5.56 Å². The number of nitrogens with zero attached hydrogens (tertiary/aromatic N) is 3. The van der Waals surface area contributed by atoms with Crippen LogP contribution in [0.3, 0.4) is 0 Å². The van der Waals surface area contributed by atoms with Gasteiger partial charge in [0.05, 0.1) is 0 Å². The van der Waals surface area contributed by atoms with Crippen molar-refractivity contribution in [1.29, 1.82) is 0 Å². The fraction of sp³-hybridized carbons (Fsp3) is 0.658. The van der Waals surface area contributed by atoms with Crippen molar-refractivity contribution in [3.8, 4) is 5.75 Å². The molecular formula is C38H68N8O3. The number of benzene rings is 2. The van der Waals surface area contributed by atoms with Crippen molar-refractivity contribution in [3.63, 3.8) is 0 Å². The molecule has 0 bridgehead atoms. The molecule has 2 aromatic carbocycles. The summed E-state index contributed by atoms with van der Waals surface area (Å²) in [5, 5.41) is 2.84. The molecule has 0 heterocycles. The van der Waals surface area contributed by atoms with Crippen molar-refractivity contribution in [2.45, 2.75) is 64.4 Å². The molecule has 2 aromatic rings. The lowest BCUT2D eigenvalue weighted by atomic mass is 10.1. The van der Waals surface area contributed by atoms with Gasteiger partial charge in [-0.3, -0.25) is 4.90 Å². The Balaban J connectivity index is 1.75. The van der Waals surface area contributed by atoms with Gasteiger partial charge in [-0.2, -0.15) is 0 Å². The Kier molecular flexibility index (Phi) is 25.1. The molecular weight excluding hydrogens is 616 g/mol. The Morgan fingerprint density at radius 2 is 1.04 bits per heavy atom. The summed E-state index contributed by atoms with van der Waals surface area (Å²) in [5.41, 5.74) is 25.4. The Morgan fingerprint density at radius 3 is 1.55 bits per heavy atom. The molecule has 1 amide bonds. The maximum atomic E-state index is 11.9. The van der Waals surface area contributed by atoms with Gasteiger partial charge < -0.3 is 47.5 Å². The highest BCUT2D eigenvalue weighted by molar-refractivity contribution is 5.67. The number of aryl methyl sites for hydroxylation is 1. The van der Waals surface area contributed by atoms with E-state index in [4.69, 9.17) is 32.4 Å². The second kappa shape index (κ2) is 29.0. The second-order valence-electron chi connectivity index (χ2n) is 12.7. The smallest absolute Gasteiger partial charge is 0.407 e. The van der Waals surface area contributed by atoms with E-state index in [0.717, 1.165) is 154 Å². The summed E-state index contributed by atoms with van der Waals surface area (Å²) in [6.45, 7) is 13.7. The summed E-state index contributed by atoms with van der Waals surface area (Å²) in [7, 11) is 0. The number of unbranched alkanes of at least 4 members (excludes halogenated alkanes) is 1. The predicted molar refractivity (Wildman–Crippen MR) is 203 cm³/mol. The normalized spacial score (nSPS) is 11.5. The summed E-state index contributed by atoms with van der Waals surface area (Å²) in [4.78, 5) is 19.5. The van der Waals surface area contributed by atoms with Gasteiger partial charge in [-0.05, 0) is 160 Å². The first-order valence-corrected chi connectivity index (χ1v) is 18.7. The number of amides is 1. The van der Waals surface area contributed by atoms with E-state index in [9.17, 15) is 4.79 Å². The van der Waals surface area contributed by atoms with Gasteiger partial charge in [0.25, 0.3) is 0 Å². The van der Waals surface area contributed by atoms with Gasteiger partial charge in [-0.25, -0.2) is 4.79 Å². The third-order valence-electron chi connectivity index (χ3n) is 8.59. The topological polar surface area (TPSA) is 161 Å². The van der Waals surface area contributed by atoms with Crippen LogP contribution < -0.4 is 33.0 Å². The molecule has 0 fully saturated rings. The number of alkyl carbamates (subject to hydrolysis) is 1. The second-order valence-corrected chi connectivity index (χ2v) is 12.7. The first kappa shape index (κ1) is 42.4. The van der Waals surface area contributed by atoms with E-state index in [1.807, 2.05) is 30.3 Å². The molecule has 0 aliphatic rings. The zero-order valence-corrected chi connectivity index (χ0v) is 30.2. The van der Waals surface area contributed by atoms with E-state index >= 15 is 0 Å². The average molecular weight is 685 g/mol. The first-order valence-electron chi connectivity index (χ1n) is 18.7. The third-order valence-corrected chi connectivity index (χ3v) is 8.59. The van der Waals surface area contributed by atoms with E-state index in [1.54, 1.807) is 0 Å². The standard InChI is InChI=1S/C38H68N8O3/c39-19-6-24-44(25-7-20-40)28-10-30-46(31-11-29-45(26-8-21-41)27-9-22-42)32-33-48-37-17-15-35(16-18-37)12-4-5-23-43-38(47)49-34-36-13-2-1-3-14-36/h1-3,13-18H,4-12,19-34,39-42H2,(H,43,47). The third kappa shape index (κ3) is 21.8. The molecule has 49 heavy (non-hydrogen) atoms. The van der Waals surface area contributed by atoms with Gasteiger partial charge in [0.2, 0.25) is 0 Å². The molecule has 0 saturated heterocycles. The summed E-state index contributed by atoms with van der Waals surface area (Å²) in [6.07, 6.45) is 8.76. The molecule has 0 spiro atoms. The van der Waals surface area contributed by atoms with E-state index in [2.05, 4.69) is 44.3 Å². The Labute approximate surface area is 297 Å². The van der Waals surface area contributed by atoms with E-state index < -0.39 is 0 Å². The maximum Gasteiger partial charge on any atom is 0.407 e. The molecule has 11 heteroatoms. The first-order chi connectivity index (χ1) is 24.1. The SMILES string of the molecule is NCCCN(CCCN)CCCN(CCCN(CCCN)CCCN)CCOc1ccc(CCCCNC(=O)OCc2ccccc2)cc1. The highest BCUT2D eigenvalue weighted by atomic mass is 16.5. The molecule has 0 aliphatic carbocycles. The van der Waals surface area contributed by atoms with Gasteiger partial charge in [-0.15, -0.1) is 0 Å². The molecule has 2 rings (SSSR count). The van der Waals surface area contributed by atoms with Crippen LogP contribution in [0, 0.1) is 0 Å². The summed E-state index contributed by atoms with van der Waals surface area (Å²) < 4.78 is 11.5. The van der Waals surface area contributed by atoms with Crippen LogP contribution in [0.2, 0.25) is 0 Å². The van der Waals surface area contributed by atoms with Crippen LogP contribution >= 0.6 is 0 Å². The number of hydrogen-bond donors (Lipinski definition) is 5. The number of rotatable bonds is 31. The number of ether oxygens (including phenoxy) is 2. The highest BCUT2D eigenvalue weighted by Gasteiger charge is 2.11. The quantitative estimate of drug-likeness (QED) is 0.0745. The Morgan fingerprint density at radius 1 is 0.551 bits per heavy atom. The van der Waals surface area contributed by atoms with Crippen molar-refractivity contribution >= 4 is 6.09 Å². The molecule has 0 radical (unpaired) electrons. The van der Waals surface area contributed by atoms with Crippen LogP contribution in [0.1, 0.15) is 62.5 Å². The fourth-order valence-electron chi connectivity index (χ4n) is 5.77. The highest BCUT2D eigenvalue weighted by Crippen LogP contribution is 2.14. The van der Waals surface area contributed by atoms with Crippen LogP contribution in [-0.2, 0) is 17.8 Å². The van der Waals surface area contributed by atoms with Gasteiger partial charge in [0.1, 0.15) is 19.0 Å². The minimum Gasteiger partial charge on any atom is -0.492 e. The zero-order chi connectivity index (χ0) is 35.2. The van der Waals surface area contributed by atoms with Crippen molar-refractivity contribution in [1.82, 2.24) is 20.0 Å². The Bertz CT molecular complexity index is 1010. The molecule has 11 nitrogen and oxygen atoms in total. The molecule has 0 aromatic heterocycles. The number of carbonyl (C=O) groups is 1. The molecule has 278 valence electrons. The van der Waals surface area contributed by atoms with Gasteiger partial charge >= 0.3 is 6.09 Å². The predicted octanol–water partition coefficient (Wildman–Crippen LogP) is 3.40. The molecule has 0 aliphatic heterocycles. The molecule has 0 atom stereocenters. The van der Waals surface area contributed by atoms with Crippen LogP contribution in [0.25, 0.3) is 0 Å². The lowest BCUT2D eigenvalue weighted by molar-refractivity contribution is 0.139. The monoisotopic (exact) mass is 685 g/mol. The molecule has 0 unspecified atom stereocenters. The number of hydrogen-bond acceptors (Lipinski definition) is 10. The lowest BCUT2D eigenvalue weighted by Gasteiger charge is -2.27. The van der Waals surface area contributed by atoms with E-state index in [-0.39, 0.29) is 12.7 Å². The summed E-state index contributed by atoms with van der Waals surface area (Å²) >= 11 is 0. The van der Waals surface area contributed by atoms with Crippen LogP contribution in [0.5, 0.6) is 5.75 Å². The van der Waals surface area contributed by atoms with Crippen LogP contribution in [0.15, 0.2) is 54.6 Å². The number of carbonyl (C=O) groups excluding carboxylic acids is 1. The number of nitrogens with one attached hydrogen (secondary N) is 1. The van der Waals surface area contributed by atoms with Crippen molar-refractivity contribution in [2.75, 3.05) is 98.2 Å². The van der Waals surface area contributed by atoms with Gasteiger partial charge in [0.15, 0.2) is 0 Å². The molecule has 0 saturated carbocycles. The summed E-state index contributed by atoms with van der Waals surface area (Å²) in [6, 6.07) is 18.1. The minimum absolute atomic E-state index is 0.285. The van der Waals surface area contributed by atoms with Gasteiger partial charge in [0, 0.05) is 13.1 Å². The van der Waals surface area contributed by atoms with Crippen LogP contribution in [-0.4, -0.2) is 119 Å². The minimum atomic E-state index is -0.372. The van der Waals surface area contributed by atoms with Gasteiger partial charge in [-0.1, -0.05) is 42.5 Å². The Hall–Kier alpha value is -2.77. The average Bonchev–Trinajstić information content (AvgIpc) is 3.13. The van der Waals surface area contributed by atoms with Crippen molar-refractivity contribution < 1.29 is 14.3 Å². The maximum absolute atomic E-state index is 11.9. The fourth-order valence-corrected chi connectivity index (χ4v) is 5.77.